The Morgan fingerprint density at radius 1 is 0.400 bits per heavy atom. The van der Waals surface area contributed by atoms with Gasteiger partial charge in [0.25, 0.3) is 0 Å². The number of hydrogen-bond acceptors (Lipinski definition) is 6. The molecule has 178 valence electrons. The topological polar surface area (TPSA) is 93.1 Å². The van der Waals surface area contributed by atoms with Crippen LogP contribution in [-0.4, -0.2) is 35.4 Å². The van der Waals surface area contributed by atoms with Gasteiger partial charge in [-0.15, -0.1) is 0 Å². The molecule has 0 aromatic rings. The number of aliphatic hydroxyl groups is 2. The summed E-state index contributed by atoms with van der Waals surface area (Å²) < 4.78 is 0. The molecule has 0 unspecified atom stereocenters. The summed E-state index contributed by atoms with van der Waals surface area (Å²) in [5.74, 6) is -0.929. The van der Waals surface area contributed by atoms with Crippen LogP contribution in [0.15, 0.2) is 0 Å². The van der Waals surface area contributed by atoms with Crippen molar-refractivity contribution in [3.63, 3.8) is 0 Å². The van der Waals surface area contributed by atoms with Gasteiger partial charge >= 0.3 is 11.9 Å². The van der Waals surface area contributed by atoms with Crippen molar-refractivity contribution in [3.05, 3.63) is 0 Å². The predicted molar refractivity (Wildman–Crippen MR) is 119 cm³/mol. The Labute approximate surface area is 183 Å². The molecule has 6 heteroatoms. The fourth-order valence-corrected chi connectivity index (χ4v) is 3.41. The van der Waals surface area contributed by atoms with E-state index in [0.717, 1.165) is 64.2 Å². The molecule has 0 spiro atoms. The SMILES string of the molecule is O=C(CCCCCCCCCCCO)OOC(=O)CCCCCCCCCCCO. The van der Waals surface area contributed by atoms with Crippen molar-refractivity contribution in [2.24, 2.45) is 0 Å². The van der Waals surface area contributed by atoms with Crippen LogP contribution < -0.4 is 0 Å². The third-order valence-electron chi connectivity index (χ3n) is 5.31. The Hall–Kier alpha value is -1.14. The number of rotatable bonds is 22. The van der Waals surface area contributed by atoms with E-state index in [-0.39, 0.29) is 0 Å². The van der Waals surface area contributed by atoms with Crippen molar-refractivity contribution in [1.82, 2.24) is 0 Å². The van der Waals surface area contributed by atoms with E-state index >= 15 is 0 Å². The average Bonchev–Trinajstić information content (AvgIpc) is 2.75. The summed E-state index contributed by atoms with van der Waals surface area (Å²) >= 11 is 0. The largest absolute Gasteiger partial charge is 0.396 e. The zero-order valence-electron chi connectivity index (χ0n) is 19.1. The first kappa shape index (κ1) is 28.9. The minimum atomic E-state index is -0.464. The van der Waals surface area contributed by atoms with E-state index in [4.69, 9.17) is 10.2 Å². The van der Waals surface area contributed by atoms with E-state index in [0.29, 0.717) is 26.1 Å². The van der Waals surface area contributed by atoms with Gasteiger partial charge in [0.05, 0.1) is 12.8 Å². The van der Waals surface area contributed by atoms with Gasteiger partial charge in [0.1, 0.15) is 0 Å². The quantitative estimate of drug-likeness (QED) is 0.129. The van der Waals surface area contributed by atoms with Gasteiger partial charge in [-0.3, -0.25) is 0 Å². The third-order valence-corrected chi connectivity index (χ3v) is 5.31. The van der Waals surface area contributed by atoms with E-state index in [9.17, 15) is 9.59 Å². The Bertz CT molecular complexity index is 350. The normalized spacial score (nSPS) is 10.9. The van der Waals surface area contributed by atoms with Crippen molar-refractivity contribution in [2.45, 2.75) is 128 Å². The van der Waals surface area contributed by atoms with Crippen LogP contribution >= 0.6 is 0 Å². The van der Waals surface area contributed by atoms with Crippen LogP contribution in [0.4, 0.5) is 0 Å². The van der Waals surface area contributed by atoms with Gasteiger partial charge in [-0.2, -0.15) is 0 Å². The Morgan fingerprint density at radius 3 is 0.900 bits per heavy atom. The van der Waals surface area contributed by atoms with Crippen molar-refractivity contribution in [3.8, 4) is 0 Å². The van der Waals surface area contributed by atoms with Crippen molar-refractivity contribution >= 4 is 11.9 Å². The molecule has 30 heavy (non-hydrogen) atoms. The highest BCUT2D eigenvalue weighted by Gasteiger charge is 2.09. The summed E-state index contributed by atoms with van der Waals surface area (Å²) in [6, 6.07) is 0. The Morgan fingerprint density at radius 2 is 0.633 bits per heavy atom. The van der Waals surface area contributed by atoms with Gasteiger partial charge in [0.2, 0.25) is 0 Å². The van der Waals surface area contributed by atoms with Crippen molar-refractivity contribution in [1.29, 1.82) is 0 Å². The van der Waals surface area contributed by atoms with Crippen LogP contribution in [0, 0.1) is 0 Å². The first-order valence-corrected chi connectivity index (χ1v) is 12.3. The monoisotopic (exact) mass is 430 g/mol. The molecular formula is C24H46O6. The highest BCUT2D eigenvalue weighted by atomic mass is 17.2. The van der Waals surface area contributed by atoms with Crippen LogP contribution in [0.5, 0.6) is 0 Å². The molecule has 0 saturated heterocycles. The van der Waals surface area contributed by atoms with Crippen LogP contribution in [-0.2, 0) is 19.4 Å². The number of aliphatic hydroxyl groups excluding tert-OH is 2. The summed E-state index contributed by atoms with van der Waals surface area (Å²) in [5, 5.41) is 17.4. The number of unbranched alkanes of at least 4 members (excludes halogenated alkanes) is 16. The second-order valence-electron chi connectivity index (χ2n) is 8.22. The van der Waals surface area contributed by atoms with Gasteiger partial charge in [0, 0.05) is 13.2 Å². The summed E-state index contributed by atoms with van der Waals surface area (Å²) in [6.45, 7) is 0.582. The molecule has 0 aromatic carbocycles. The summed E-state index contributed by atoms with van der Waals surface area (Å²) in [4.78, 5) is 32.4. The molecular weight excluding hydrogens is 384 g/mol. The lowest BCUT2D eigenvalue weighted by Crippen LogP contribution is -2.11. The van der Waals surface area contributed by atoms with Gasteiger partial charge in [-0.05, 0) is 25.7 Å². The molecule has 0 bridgehead atoms. The fraction of sp³-hybridized carbons (Fsp3) is 0.917. The van der Waals surface area contributed by atoms with Gasteiger partial charge < -0.3 is 10.2 Å². The standard InChI is InChI=1S/C24H46O6/c25-21-17-13-9-5-1-3-7-11-15-19-23(27)29-30-24(28)20-16-12-8-4-2-6-10-14-18-22-26/h25-26H,1-22H2. The van der Waals surface area contributed by atoms with E-state index in [1.165, 1.54) is 51.4 Å². The second kappa shape index (κ2) is 24.1. The third kappa shape index (κ3) is 23.1. The summed E-state index contributed by atoms with van der Waals surface area (Å²) in [5.41, 5.74) is 0. The first-order chi connectivity index (χ1) is 14.7. The van der Waals surface area contributed by atoms with Gasteiger partial charge in [0.15, 0.2) is 0 Å². The smallest absolute Gasteiger partial charge is 0.355 e. The molecule has 0 radical (unpaired) electrons. The molecule has 0 amide bonds. The molecule has 0 fully saturated rings. The average molecular weight is 431 g/mol. The zero-order chi connectivity index (χ0) is 22.1. The predicted octanol–water partition coefficient (Wildman–Crippen LogP) is 5.77. The molecule has 6 nitrogen and oxygen atoms in total. The lowest BCUT2D eigenvalue weighted by atomic mass is 10.1. The number of carbonyl (C=O) groups is 2. The van der Waals surface area contributed by atoms with Crippen LogP contribution in [0.1, 0.15) is 128 Å². The minimum absolute atomic E-state index is 0.291. The van der Waals surface area contributed by atoms with Crippen LogP contribution in [0.25, 0.3) is 0 Å². The van der Waals surface area contributed by atoms with Gasteiger partial charge in [-0.25, -0.2) is 19.4 Å². The highest BCUT2D eigenvalue weighted by molar-refractivity contribution is 5.72. The number of carbonyl (C=O) groups excluding carboxylic acids is 2. The van der Waals surface area contributed by atoms with Crippen molar-refractivity contribution in [2.75, 3.05) is 13.2 Å². The summed E-state index contributed by atoms with van der Waals surface area (Å²) in [7, 11) is 0. The minimum Gasteiger partial charge on any atom is -0.396 e. The van der Waals surface area contributed by atoms with E-state index < -0.39 is 11.9 Å². The molecule has 0 aliphatic rings. The highest BCUT2D eigenvalue weighted by Crippen LogP contribution is 2.12. The van der Waals surface area contributed by atoms with Gasteiger partial charge in [-0.1, -0.05) is 89.9 Å². The molecule has 0 heterocycles. The molecule has 0 atom stereocenters. The fourth-order valence-electron chi connectivity index (χ4n) is 3.41. The number of hydrogen-bond donors (Lipinski definition) is 2. The maximum atomic E-state index is 11.6. The van der Waals surface area contributed by atoms with E-state index in [2.05, 4.69) is 9.78 Å². The van der Waals surface area contributed by atoms with Crippen LogP contribution in [0.2, 0.25) is 0 Å². The molecule has 2 N–H and O–H groups in total. The van der Waals surface area contributed by atoms with E-state index in [1.807, 2.05) is 0 Å². The molecule has 0 saturated carbocycles. The first-order valence-electron chi connectivity index (χ1n) is 12.3. The Kier molecular flexibility index (Phi) is 23.2. The van der Waals surface area contributed by atoms with Crippen molar-refractivity contribution < 1.29 is 29.6 Å². The van der Waals surface area contributed by atoms with Crippen LogP contribution in [0.3, 0.4) is 0 Å². The maximum absolute atomic E-state index is 11.6. The lowest BCUT2D eigenvalue weighted by Gasteiger charge is -2.04. The molecule has 0 rings (SSSR count). The summed E-state index contributed by atoms with van der Waals surface area (Å²) in [6.07, 6.45) is 19.9. The second-order valence-corrected chi connectivity index (χ2v) is 8.22. The molecule has 0 aliphatic carbocycles. The van der Waals surface area contributed by atoms with E-state index in [1.54, 1.807) is 0 Å². The maximum Gasteiger partial charge on any atom is 0.355 e. The molecule has 0 aliphatic heterocycles. The Balaban J connectivity index is 3.31. The molecule has 0 aromatic heterocycles. The zero-order valence-corrected chi connectivity index (χ0v) is 19.1. The lowest BCUT2D eigenvalue weighted by molar-refractivity contribution is -0.259.